The van der Waals surface area contributed by atoms with Crippen LogP contribution in [0, 0.1) is 5.82 Å². The summed E-state index contributed by atoms with van der Waals surface area (Å²) in [6.45, 7) is 0. The van der Waals surface area contributed by atoms with Crippen molar-refractivity contribution in [2.24, 2.45) is 5.16 Å². The Hall–Kier alpha value is -1.62. The third kappa shape index (κ3) is 3.24. The molecule has 3 rings (SSSR count). The molecular formula is C16H18ClFN2O2. The van der Waals surface area contributed by atoms with Crippen molar-refractivity contribution in [3.8, 4) is 0 Å². The average Bonchev–Trinajstić information content (AvgIpc) is 2.98. The number of amides is 1. The molecule has 0 bridgehead atoms. The van der Waals surface area contributed by atoms with Gasteiger partial charge < -0.3 is 10.2 Å². The van der Waals surface area contributed by atoms with Gasteiger partial charge in [0.1, 0.15) is 5.82 Å². The van der Waals surface area contributed by atoms with Crippen molar-refractivity contribution in [2.45, 2.75) is 50.7 Å². The summed E-state index contributed by atoms with van der Waals surface area (Å²) >= 11 is 6.02. The minimum Gasteiger partial charge on any atom is -0.382 e. The fraction of sp³-hybridized carbons (Fsp3) is 0.500. The molecule has 2 aliphatic rings. The lowest BCUT2D eigenvalue weighted by Crippen LogP contribution is -2.42. The van der Waals surface area contributed by atoms with E-state index in [1.165, 1.54) is 18.6 Å². The van der Waals surface area contributed by atoms with Crippen LogP contribution in [0.1, 0.15) is 44.1 Å². The molecule has 1 aromatic rings. The van der Waals surface area contributed by atoms with Gasteiger partial charge in [0, 0.05) is 12.5 Å². The van der Waals surface area contributed by atoms with Gasteiger partial charge in [0.25, 0.3) is 5.91 Å². The Labute approximate surface area is 133 Å². The standard InChI is InChI=1S/C16H18ClFN2O2/c17-11-7-4-8-12(18)15(11)13-9-14(22-20-13)16(21)19-10-5-2-1-3-6-10/h4,7-8,10,14H,1-3,5-6,9H2,(H,19,21). The van der Waals surface area contributed by atoms with Crippen molar-refractivity contribution >= 4 is 23.2 Å². The average molecular weight is 325 g/mol. The first-order chi connectivity index (χ1) is 10.6. The fourth-order valence-corrected chi connectivity index (χ4v) is 3.25. The number of hydrogen-bond acceptors (Lipinski definition) is 3. The molecule has 1 saturated carbocycles. The Kier molecular flexibility index (Phi) is 4.62. The lowest BCUT2D eigenvalue weighted by Gasteiger charge is -2.23. The summed E-state index contributed by atoms with van der Waals surface area (Å²) in [5.74, 6) is -0.638. The van der Waals surface area contributed by atoms with Crippen LogP contribution in [-0.4, -0.2) is 23.8 Å². The Bertz CT molecular complexity index is 580. The van der Waals surface area contributed by atoms with Crippen LogP contribution in [0.2, 0.25) is 5.02 Å². The molecule has 1 atom stereocenters. The van der Waals surface area contributed by atoms with Crippen molar-refractivity contribution in [3.05, 3.63) is 34.6 Å². The molecule has 4 nitrogen and oxygen atoms in total. The number of carbonyl (C=O) groups is 1. The van der Waals surface area contributed by atoms with Crippen LogP contribution in [-0.2, 0) is 9.63 Å². The largest absolute Gasteiger partial charge is 0.382 e. The minimum absolute atomic E-state index is 0.182. The van der Waals surface area contributed by atoms with Gasteiger partial charge in [-0.25, -0.2) is 4.39 Å². The summed E-state index contributed by atoms with van der Waals surface area (Å²) in [7, 11) is 0. The summed E-state index contributed by atoms with van der Waals surface area (Å²) in [5.41, 5.74) is 0.601. The van der Waals surface area contributed by atoms with E-state index < -0.39 is 11.9 Å². The number of hydrogen-bond donors (Lipinski definition) is 1. The smallest absolute Gasteiger partial charge is 0.264 e. The molecular weight excluding hydrogens is 307 g/mol. The summed E-state index contributed by atoms with van der Waals surface area (Å²) in [5, 5.41) is 7.13. The van der Waals surface area contributed by atoms with Crippen molar-refractivity contribution < 1.29 is 14.0 Å². The molecule has 0 spiro atoms. The van der Waals surface area contributed by atoms with Crippen LogP contribution < -0.4 is 5.32 Å². The summed E-state index contributed by atoms with van der Waals surface area (Å²) in [4.78, 5) is 17.4. The van der Waals surface area contributed by atoms with Crippen molar-refractivity contribution in [1.82, 2.24) is 5.32 Å². The van der Waals surface area contributed by atoms with Crippen LogP contribution >= 0.6 is 11.6 Å². The normalized spacial score (nSPS) is 22.1. The predicted molar refractivity (Wildman–Crippen MR) is 82.5 cm³/mol. The van der Waals surface area contributed by atoms with Gasteiger partial charge in [-0.1, -0.05) is 42.1 Å². The second-order valence-corrected chi connectivity index (χ2v) is 6.18. The first-order valence-corrected chi connectivity index (χ1v) is 8.00. The van der Waals surface area contributed by atoms with E-state index in [-0.39, 0.29) is 29.0 Å². The lowest BCUT2D eigenvalue weighted by molar-refractivity contribution is -0.132. The van der Waals surface area contributed by atoms with E-state index in [0.29, 0.717) is 5.71 Å². The Morgan fingerprint density at radius 1 is 1.32 bits per heavy atom. The molecule has 0 radical (unpaired) electrons. The highest BCUT2D eigenvalue weighted by molar-refractivity contribution is 6.34. The van der Waals surface area contributed by atoms with E-state index in [9.17, 15) is 9.18 Å². The molecule has 1 aliphatic heterocycles. The third-order valence-electron chi connectivity index (χ3n) is 4.16. The molecule has 6 heteroatoms. The van der Waals surface area contributed by atoms with Gasteiger partial charge in [-0.3, -0.25) is 4.79 Å². The summed E-state index contributed by atoms with van der Waals surface area (Å²) in [6.07, 6.45) is 5.06. The highest BCUT2D eigenvalue weighted by Crippen LogP contribution is 2.26. The molecule has 1 aromatic carbocycles. The number of carbonyl (C=O) groups excluding carboxylic acids is 1. The van der Waals surface area contributed by atoms with Gasteiger partial charge in [-0.05, 0) is 25.0 Å². The topological polar surface area (TPSA) is 50.7 Å². The molecule has 1 amide bonds. The van der Waals surface area contributed by atoms with Crippen molar-refractivity contribution in [2.75, 3.05) is 0 Å². The molecule has 1 heterocycles. The SMILES string of the molecule is O=C(NC1CCCCC1)C1CC(c2c(F)cccc2Cl)=NO1. The molecule has 1 unspecified atom stereocenters. The third-order valence-corrected chi connectivity index (χ3v) is 4.48. The van der Waals surface area contributed by atoms with Gasteiger partial charge in [-0.2, -0.15) is 0 Å². The quantitative estimate of drug-likeness (QED) is 0.926. The Morgan fingerprint density at radius 2 is 2.09 bits per heavy atom. The molecule has 1 N–H and O–H groups in total. The van der Waals surface area contributed by atoms with Crippen LogP contribution in [0.3, 0.4) is 0 Å². The monoisotopic (exact) mass is 324 g/mol. The maximum Gasteiger partial charge on any atom is 0.264 e. The summed E-state index contributed by atoms with van der Waals surface area (Å²) < 4.78 is 13.9. The first-order valence-electron chi connectivity index (χ1n) is 7.62. The van der Waals surface area contributed by atoms with Crippen LogP contribution in [0.15, 0.2) is 23.4 Å². The molecule has 1 aliphatic carbocycles. The van der Waals surface area contributed by atoms with Crippen LogP contribution in [0.25, 0.3) is 0 Å². The number of benzene rings is 1. The van der Waals surface area contributed by atoms with E-state index in [4.69, 9.17) is 16.4 Å². The molecule has 0 aromatic heterocycles. The maximum atomic E-state index is 13.9. The van der Waals surface area contributed by atoms with E-state index in [0.717, 1.165) is 25.7 Å². The number of rotatable bonds is 3. The van der Waals surface area contributed by atoms with Gasteiger partial charge in [0.15, 0.2) is 0 Å². The molecule has 1 fully saturated rings. The zero-order chi connectivity index (χ0) is 15.5. The van der Waals surface area contributed by atoms with Crippen molar-refractivity contribution in [3.63, 3.8) is 0 Å². The van der Waals surface area contributed by atoms with E-state index in [1.807, 2.05) is 0 Å². The number of oxime groups is 1. The predicted octanol–water partition coefficient (Wildman–Crippen LogP) is 3.42. The highest BCUT2D eigenvalue weighted by atomic mass is 35.5. The lowest BCUT2D eigenvalue weighted by atomic mass is 9.95. The maximum absolute atomic E-state index is 13.9. The number of nitrogens with one attached hydrogen (secondary N) is 1. The zero-order valence-corrected chi connectivity index (χ0v) is 12.9. The fourth-order valence-electron chi connectivity index (χ4n) is 2.98. The second-order valence-electron chi connectivity index (χ2n) is 5.78. The van der Waals surface area contributed by atoms with E-state index in [1.54, 1.807) is 6.07 Å². The van der Waals surface area contributed by atoms with Gasteiger partial charge in [0.2, 0.25) is 6.10 Å². The minimum atomic E-state index is -0.701. The van der Waals surface area contributed by atoms with E-state index >= 15 is 0 Å². The second kappa shape index (κ2) is 6.65. The van der Waals surface area contributed by atoms with Crippen LogP contribution in [0.5, 0.6) is 0 Å². The van der Waals surface area contributed by atoms with Gasteiger partial charge >= 0.3 is 0 Å². The Balaban J connectivity index is 1.62. The number of halogens is 2. The van der Waals surface area contributed by atoms with E-state index in [2.05, 4.69) is 10.5 Å². The molecule has 22 heavy (non-hydrogen) atoms. The highest BCUT2D eigenvalue weighted by Gasteiger charge is 2.32. The number of nitrogens with zero attached hydrogens (tertiary/aromatic N) is 1. The summed E-state index contributed by atoms with van der Waals surface area (Å²) in [6, 6.07) is 4.66. The van der Waals surface area contributed by atoms with Gasteiger partial charge in [-0.15, -0.1) is 0 Å². The van der Waals surface area contributed by atoms with Crippen molar-refractivity contribution in [1.29, 1.82) is 0 Å². The Morgan fingerprint density at radius 3 is 2.82 bits per heavy atom. The first kappa shape index (κ1) is 15.3. The molecule has 118 valence electrons. The zero-order valence-electron chi connectivity index (χ0n) is 12.1. The molecule has 0 saturated heterocycles. The van der Waals surface area contributed by atoms with Crippen LogP contribution in [0.4, 0.5) is 4.39 Å². The van der Waals surface area contributed by atoms with Gasteiger partial charge in [0.05, 0.1) is 16.3 Å².